The largest absolute Gasteiger partial charge is 0.319 e. The molecule has 0 bridgehead atoms. The first-order chi connectivity index (χ1) is 7.34. The summed E-state index contributed by atoms with van der Waals surface area (Å²) in [6.07, 6.45) is 0. The quantitative estimate of drug-likeness (QED) is 0.730. The summed E-state index contributed by atoms with van der Waals surface area (Å²) in [5.41, 5.74) is 6.21. The summed E-state index contributed by atoms with van der Waals surface area (Å²) in [5, 5.41) is 4.20. The molecule has 0 aliphatic rings. The van der Waals surface area contributed by atoms with Crippen molar-refractivity contribution >= 4 is 43.4 Å². The van der Waals surface area contributed by atoms with Crippen molar-refractivity contribution in [3.8, 4) is 0 Å². The maximum Gasteiger partial charge on any atom is 0.0740 e. The van der Waals surface area contributed by atoms with Crippen molar-refractivity contribution in [1.82, 2.24) is 0 Å². The lowest BCUT2D eigenvalue weighted by molar-refractivity contribution is 0.918. The van der Waals surface area contributed by atoms with E-state index in [1.165, 1.54) is 19.2 Å². The smallest absolute Gasteiger partial charge is 0.0740 e. The van der Waals surface area contributed by atoms with Crippen LogP contribution in [0, 0.1) is 0 Å². The molecule has 0 fully saturated rings. The molecule has 0 aliphatic carbocycles. The number of rotatable bonds is 2. The molecule has 1 atom stereocenters. The molecule has 1 unspecified atom stereocenters. The minimum atomic E-state index is 0.0506. The van der Waals surface area contributed by atoms with Gasteiger partial charge in [-0.15, -0.1) is 34.0 Å². The molecule has 3 heterocycles. The van der Waals surface area contributed by atoms with Crippen molar-refractivity contribution in [3.05, 3.63) is 44.8 Å². The first kappa shape index (κ1) is 9.54. The average Bonchev–Trinajstić information content (AvgIpc) is 2.92. The average molecular weight is 251 g/mol. The van der Waals surface area contributed by atoms with E-state index in [1.54, 1.807) is 34.0 Å². The van der Waals surface area contributed by atoms with E-state index in [1.807, 2.05) is 0 Å². The molecule has 0 radical (unpaired) electrons. The Morgan fingerprint density at radius 3 is 2.67 bits per heavy atom. The van der Waals surface area contributed by atoms with Crippen LogP contribution in [0.25, 0.3) is 9.40 Å². The van der Waals surface area contributed by atoms with Gasteiger partial charge < -0.3 is 5.73 Å². The van der Waals surface area contributed by atoms with Crippen LogP contribution in [-0.4, -0.2) is 0 Å². The van der Waals surface area contributed by atoms with Crippen LogP contribution in [0.5, 0.6) is 0 Å². The summed E-state index contributed by atoms with van der Waals surface area (Å²) >= 11 is 5.31. The Morgan fingerprint density at radius 1 is 1.00 bits per heavy atom. The van der Waals surface area contributed by atoms with Crippen LogP contribution in [-0.2, 0) is 0 Å². The van der Waals surface area contributed by atoms with Gasteiger partial charge in [0.2, 0.25) is 0 Å². The van der Waals surface area contributed by atoms with Gasteiger partial charge in [-0.2, -0.15) is 0 Å². The number of fused-ring (bicyclic) bond motifs is 1. The van der Waals surface area contributed by atoms with Crippen LogP contribution < -0.4 is 5.73 Å². The summed E-state index contributed by atoms with van der Waals surface area (Å²) in [7, 11) is 0. The van der Waals surface area contributed by atoms with E-state index in [9.17, 15) is 0 Å². The molecule has 76 valence electrons. The van der Waals surface area contributed by atoms with Gasteiger partial charge in [0, 0.05) is 19.2 Å². The molecule has 3 aromatic heterocycles. The zero-order chi connectivity index (χ0) is 10.3. The Morgan fingerprint density at radius 2 is 1.93 bits per heavy atom. The highest BCUT2D eigenvalue weighted by Crippen LogP contribution is 2.35. The molecule has 0 spiro atoms. The van der Waals surface area contributed by atoms with Gasteiger partial charge in [-0.3, -0.25) is 0 Å². The number of hydrogen-bond acceptors (Lipinski definition) is 4. The summed E-state index contributed by atoms with van der Waals surface area (Å²) in [6, 6.07) is 8.58. The molecule has 3 rings (SSSR count). The zero-order valence-electron chi connectivity index (χ0n) is 7.84. The van der Waals surface area contributed by atoms with Gasteiger partial charge in [0.15, 0.2) is 0 Å². The fourth-order valence-corrected chi connectivity index (χ4v) is 4.51. The maximum atomic E-state index is 6.21. The predicted octanol–water partition coefficient (Wildman–Crippen LogP) is 4.07. The van der Waals surface area contributed by atoms with Crippen LogP contribution in [0.1, 0.15) is 15.8 Å². The second kappa shape index (κ2) is 3.72. The number of hydrogen-bond donors (Lipinski definition) is 1. The Balaban J connectivity index is 2.03. The monoisotopic (exact) mass is 251 g/mol. The second-order valence-corrected chi connectivity index (χ2v) is 6.33. The van der Waals surface area contributed by atoms with Crippen LogP contribution >= 0.6 is 34.0 Å². The second-order valence-electron chi connectivity index (χ2n) is 3.29. The third-order valence-corrected chi connectivity index (χ3v) is 5.45. The van der Waals surface area contributed by atoms with Gasteiger partial charge in [0.1, 0.15) is 0 Å². The highest BCUT2D eigenvalue weighted by molar-refractivity contribution is 7.27. The SMILES string of the molecule is NC(c1cccs1)c1cc2sccc2s1. The van der Waals surface area contributed by atoms with Crippen LogP contribution in [0.15, 0.2) is 35.0 Å². The van der Waals surface area contributed by atoms with Crippen molar-refractivity contribution < 1.29 is 0 Å². The summed E-state index contributed by atoms with van der Waals surface area (Å²) in [4.78, 5) is 2.50. The first-order valence-electron chi connectivity index (χ1n) is 4.60. The third-order valence-electron chi connectivity index (χ3n) is 2.31. The maximum absolute atomic E-state index is 6.21. The van der Waals surface area contributed by atoms with E-state index in [-0.39, 0.29) is 6.04 Å². The number of nitrogens with two attached hydrogens (primary N) is 1. The van der Waals surface area contributed by atoms with Crippen molar-refractivity contribution in [3.63, 3.8) is 0 Å². The van der Waals surface area contributed by atoms with Gasteiger partial charge >= 0.3 is 0 Å². The standard InChI is InChI=1S/C11H9NS3/c12-11(8-2-1-4-13-8)10-6-9-7(15-10)3-5-14-9/h1-6,11H,12H2. The van der Waals surface area contributed by atoms with E-state index in [2.05, 4.69) is 35.0 Å². The first-order valence-corrected chi connectivity index (χ1v) is 7.18. The molecule has 0 saturated heterocycles. The summed E-state index contributed by atoms with van der Waals surface area (Å²) < 4.78 is 2.70. The molecule has 2 N–H and O–H groups in total. The van der Waals surface area contributed by atoms with Gasteiger partial charge in [0.05, 0.1) is 6.04 Å². The number of thiophene rings is 3. The van der Waals surface area contributed by atoms with Crippen molar-refractivity contribution in [2.75, 3.05) is 0 Å². The van der Waals surface area contributed by atoms with Crippen molar-refractivity contribution in [2.24, 2.45) is 5.73 Å². The lowest BCUT2D eigenvalue weighted by Gasteiger charge is -2.05. The van der Waals surface area contributed by atoms with Gasteiger partial charge in [-0.25, -0.2) is 0 Å². The predicted molar refractivity (Wildman–Crippen MR) is 70.1 cm³/mol. The van der Waals surface area contributed by atoms with Crippen LogP contribution in [0.4, 0.5) is 0 Å². The molecule has 3 aromatic rings. The fourth-order valence-electron chi connectivity index (χ4n) is 1.55. The molecule has 0 aliphatic heterocycles. The lowest BCUT2D eigenvalue weighted by Crippen LogP contribution is -2.07. The minimum Gasteiger partial charge on any atom is -0.319 e. The Hall–Kier alpha value is -0.680. The molecule has 0 saturated carbocycles. The fraction of sp³-hybridized carbons (Fsp3) is 0.0909. The third kappa shape index (κ3) is 1.63. The molecule has 4 heteroatoms. The topological polar surface area (TPSA) is 26.0 Å². The Bertz CT molecular complexity index is 533. The molecule has 1 nitrogen and oxygen atoms in total. The summed E-state index contributed by atoms with van der Waals surface area (Å²) in [5.74, 6) is 0. The summed E-state index contributed by atoms with van der Waals surface area (Å²) in [6.45, 7) is 0. The highest BCUT2D eigenvalue weighted by Gasteiger charge is 2.13. The van der Waals surface area contributed by atoms with Crippen molar-refractivity contribution in [2.45, 2.75) is 6.04 Å². The van der Waals surface area contributed by atoms with E-state index in [0.717, 1.165) is 0 Å². The van der Waals surface area contributed by atoms with Crippen LogP contribution in [0.2, 0.25) is 0 Å². The normalized spacial score (nSPS) is 13.4. The molecule has 0 aromatic carbocycles. The van der Waals surface area contributed by atoms with E-state index in [4.69, 9.17) is 5.73 Å². The van der Waals surface area contributed by atoms with Gasteiger partial charge in [-0.05, 0) is 29.0 Å². The minimum absolute atomic E-state index is 0.0506. The van der Waals surface area contributed by atoms with E-state index in [0.29, 0.717) is 0 Å². The molecular formula is C11H9NS3. The van der Waals surface area contributed by atoms with Crippen molar-refractivity contribution in [1.29, 1.82) is 0 Å². The highest BCUT2D eigenvalue weighted by atomic mass is 32.1. The van der Waals surface area contributed by atoms with E-state index >= 15 is 0 Å². The van der Waals surface area contributed by atoms with Crippen LogP contribution in [0.3, 0.4) is 0 Å². The van der Waals surface area contributed by atoms with Gasteiger partial charge in [0.25, 0.3) is 0 Å². The van der Waals surface area contributed by atoms with E-state index < -0.39 is 0 Å². The Labute approximate surface area is 99.8 Å². The Kier molecular flexibility index (Phi) is 2.36. The van der Waals surface area contributed by atoms with Gasteiger partial charge in [-0.1, -0.05) is 6.07 Å². The lowest BCUT2D eigenvalue weighted by atomic mass is 10.2. The molecular weight excluding hydrogens is 242 g/mol. The molecule has 15 heavy (non-hydrogen) atoms. The molecule has 0 amide bonds. The zero-order valence-corrected chi connectivity index (χ0v) is 10.3.